The first-order valence-corrected chi connectivity index (χ1v) is 11.2. The molecule has 4 heterocycles. The molecule has 1 saturated heterocycles. The van der Waals surface area contributed by atoms with Gasteiger partial charge < -0.3 is 10.2 Å². The van der Waals surface area contributed by atoms with E-state index >= 15 is 0 Å². The number of aromatic amines is 1. The number of nitrogens with zero attached hydrogens (tertiary/aromatic N) is 4. The van der Waals surface area contributed by atoms with Crippen LogP contribution in [0.5, 0.6) is 0 Å². The molecule has 6 nitrogen and oxygen atoms in total. The second-order valence-corrected chi connectivity index (χ2v) is 8.46. The van der Waals surface area contributed by atoms with Crippen molar-refractivity contribution in [2.24, 2.45) is 0 Å². The summed E-state index contributed by atoms with van der Waals surface area (Å²) in [6.45, 7) is 3.26. The largest absolute Gasteiger partial charge is 0.310 e. The number of hydrogen-bond acceptors (Lipinski definition) is 5. The first-order chi connectivity index (χ1) is 15.8. The van der Waals surface area contributed by atoms with Crippen molar-refractivity contribution in [1.29, 1.82) is 0 Å². The van der Waals surface area contributed by atoms with Crippen LogP contribution in [0.1, 0.15) is 18.4 Å². The highest BCUT2D eigenvalue weighted by Crippen LogP contribution is 2.31. The van der Waals surface area contributed by atoms with Crippen LogP contribution in [0.15, 0.2) is 73.2 Å². The fraction of sp³-hybridized carbons (Fsp3) is 0.269. The summed E-state index contributed by atoms with van der Waals surface area (Å²) in [4.78, 5) is 11.5. The molecule has 0 aliphatic carbocycles. The zero-order chi connectivity index (χ0) is 21.8. The van der Waals surface area contributed by atoms with Gasteiger partial charge in [-0.1, -0.05) is 30.3 Å². The fourth-order valence-corrected chi connectivity index (χ4v) is 4.24. The van der Waals surface area contributed by atoms with Crippen LogP contribution in [0.25, 0.3) is 33.8 Å². The third kappa shape index (κ3) is 4.61. The van der Waals surface area contributed by atoms with Crippen LogP contribution in [0.4, 0.5) is 0 Å². The third-order valence-electron chi connectivity index (χ3n) is 6.19. The van der Waals surface area contributed by atoms with Gasteiger partial charge in [-0.2, -0.15) is 5.10 Å². The predicted molar refractivity (Wildman–Crippen MR) is 128 cm³/mol. The second kappa shape index (κ2) is 9.42. The number of nitrogens with one attached hydrogen (secondary N) is 2. The topological polar surface area (TPSA) is 69.7 Å². The van der Waals surface area contributed by atoms with Gasteiger partial charge in [-0.25, -0.2) is 0 Å². The molecule has 0 amide bonds. The van der Waals surface area contributed by atoms with E-state index in [2.05, 4.69) is 67.8 Å². The summed E-state index contributed by atoms with van der Waals surface area (Å²) in [6.07, 6.45) is 7.94. The summed E-state index contributed by atoms with van der Waals surface area (Å²) in [5.41, 5.74) is 7.24. The van der Waals surface area contributed by atoms with Gasteiger partial charge in [0.25, 0.3) is 0 Å². The van der Waals surface area contributed by atoms with Gasteiger partial charge in [0.05, 0.1) is 23.3 Å². The molecule has 1 aliphatic heterocycles. The van der Waals surface area contributed by atoms with Gasteiger partial charge in [0, 0.05) is 36.1 Å². The van der Waals surface area contributed by atoms with Crippen molar-refractivity contribution in [1.82, 2.24) is 30.4 Å². The molecule has 1 aromatic carbocycles. The minimum absolute atomic E-state index is 0.618. The Labute approximate surface area is 188 Å². The first kappa shape index (κ1) is 20.5. The van der Waals surface area contributed by atoms with Crippen molar-refractivity contribution >= 4 is 0 Å². The van der Waals surface area contributed by atoms with Crippen LogP contribution in [0.2, 0.25) is 0 Å². The highest BCUT2D eigenvalue weighted by molar-refractivity contribution is 5.80. The number of benzene rings is 1. The Morgan fingerprint density at radius 3 is 2.53 bits per heavy atom. The Bertz CT molecular complexity index is 1140. The number of pyridine rings is 2. The number of piperidine rings is 1. The van der Waals surface area contributed by atoms with Crippen LogP contribution >= 0.6 is 0 Å². The number of hydrogen-bond donors (Lipinski definition) is 2. The molecule has 1 fully saturated rings. The van der Waals surface area contributed by atoms with Crippen LogP contribution in [-0.4, -0.2) is 51.2 Å². The quantitative estimate of drug-likeness (QED) is 0.481. The molecule has 4 aromatic rings. The summed E-state index contributed by atoms with van der Waals surface area (Å²) in [5.74, 6) is 0. The van der Waals surface area contributed by atoms with E-state index in [-0.39, 0.29) is 0 Å². The van der Waals surface area contributed by atoms with Crippen molar-refractivity contribution in [3.05, 3.63) is 78.8 Å². The number of rotatable bonds is 6. The van der Waals surface area contributed by atoms with Gasteiger partial charge >= 0.3 is 0 Å². The van der Waals surface area contributed by atoms with Crippen molar-refractivity contribution in [3.63, 3.8) is 0 Å². The van der Waals surface area contributed by atoms with E-state index in [4.69, 9.17) is 0 Å². The van der Waals surface area contributed by atoms with E-state index in [1.54, 1.807) is 6.20 Å². The van der Waals surface area contributed by atoms with Gasteiger partial charge in [-0.05, 0) is 68.4 Å². The van der Waals surface area contributed by atoms with E-state index < -0.39 is 0 Å². The minimum atomic E-state index is 0.618. The van der Waals surface area contributed by atoms with Crippen LogP contribution in [0.3, 0.4) is 0 Å². The molecule has 1 aliphatic rings. The van der Waals surface area contributed by atoms with E-state index in [0.717, 1.165) is 40.3 Å². The average molecular weight is 425 g/mol. The molecule has 0 saturated carbocycles. The molecule has 0 radical (unpaired) electrons. The lowest BCUT2D eigenvalue weighted by atomic mass is 10.0. The minimum Gasteiger partial charge on any atom is -0.310 e. The van der Waals surface area contributed by atoms with Gasteiger partial charge in [0.15, 0.2) is 0 Å². The van der Waals surface area contributed by atoms with E-state index in [0.29, 0.717) is 6.04 Å². The van der Waals surface area contributed by atoms with Crippen molar-refractivity contribution in [3.8, 4) is 33.8 Å². The SMILES string of the molecule is CN1CCC(NCc2ccc(-c3cc(-c4cn[nH]c4-c4ccccn4)ccn3)cc2)CC1. The zero-order valence-corrected chi connectivity index (χ0v) is 18.3. The monoisotopic (exact) mass is 424 g/mol. The number of H-pyrrole nitrogens is 1. The van der Waals surface area contributed by atoms with Crippen LogP contribution < -0.4 is 5.32 Å². The molecule has 162 valence electrons. The lowest BCUT2D eigenvalue weighted by molar-refractivity contribution is 0.234. The molecule has 32 heavy (non-hydrogen) atoms. The van der Waals surface area contributed by atoms with Crippen molar-refractivity contribution in [2.75, 3.05) is 20.1 Å². The molecule has 5 rings (SSSR count). The Morgan fingerprint density at radius 1 is 0.938 bits per heavy atom. The highest BCUT2D eigenvalue weighted by Gasteiger charge is 2.16. The van der Waals surface area contributed by atoms with Crippen LogP contribution in [-0.2, 0) is 6.54 Å². The molecule has 0 atom stereocenters. The van der Waals surface area contributed by atoms with Crippen molar-refractivity contribution in [2.45, 2.75) is 25.4 Å². The number of aromatic nitrogens is 4. The maximum atomic E-state index is 4.61. The summed E-state index contributed by atoms with van der Waals surface area (Å²) in [5, 5.41) is 11.1. The molecular weight excluding hydrogens is 396 g/mol. The fourth-order valence-electron chi connectivity index (χ4n) is 4.24. The lowest BCUT2D eigenvalue weighted by Crippen LogP contribution is -2.40. The number of likely N-dealkylation sites (tertiary alicyclic amines) is 1. The molecule has 2 N–H and O–H groups in total. The normalized spacial score (nSPS) is 15.2. The standard InChI is InChI=1S/C26H28N6/c1-32-14-10-22(11-15-32)29-17-19-5-7-20(8-6-19)25-16-21(9-13-28-25)23-18-30-31-26(23)24-4-2-3-12-27-24/h2-9,12-13,16,18,22,29H,10-11,14-15,17H2,1H3,(H,30,31). The van der Waals surface area contributed by atoms with E-state index in [1.807, 2.05) is 36.7 Å². The molecule has 0 spiro atoms. The smallest absolute Gasteiger partial charge is 0.0912 e. The average Bonchev–Trinajstić information content (AvgIpc) is 3.35. The molecule has 6 heteroatoms. The Morgan fingerprint density at radius 2 is 1.75 bits per heavy atom. The van der Waals surface area contributed by atoms with Gasteiger partial charge in [0.2, 0.25) is 0 Å². The summed E-state index contributed by atoms with van der Waals surface area (Å²) in [7, 11) is 2.20. The Hall–Kier alpha value is -3.35. The molecule has 0 unspecified atom stereocenters. The summed E-state index contributed by atoms with van der Waals surface area (Å²) < 4.78 is 0. The zero-order valence-electron chi connectivity index (χ0n) is 18.3. The first-order valence-electron chi connectivity index (χ1n) is 11.2. The van der Waals surface area contributed by atoms with Crippen molar-refractivity contribution < 1.29 is 0 Å². The maximum absolute atomic E-state index is 4.61. The maximum Gasteiger partial charge on any atom is 0.0912 e. The lowest BCUT2D eigenvalue weighted by Gasteiger charge is -2.29. The molecule has 0 bridgehead atoms. The van der Waals surface area contributed by atoms with E-state index in [1.165, 1.54) is 31.5 Å². The predicted octanol–water partition coefficient (Wildman–Crippen LogP) is 4.38. The van der Waals surface area contributed by atoms with E-state index in [9.17, 15) is 0 Å². The Kier molecular flexibility index (Phi) is 6.05. The van der Waals surface area contributed by atoms with Gasteiger partial charge in [-0.15, -0.1) is 0 Å². The third-order valence-corrected chi connectivity index (χ3v) is 6.19. The summed E-state index contributed by atoms with van der Waals surface area (Å²) in [6, 6.07) is 19.3. The molecular formula is C26H28N6. The van der Waals surface area contributed by atoms with Gasteiger partial charge in [0.1, 0.15) is 0 Å². The highest BCUT2D eigenvalue weighted by atomic mass is 15.1. The second-order valence-electron chi connectivity index (χ2n) is 8.46. The summed E-state index contributed by atoms with van der Waals surface area (Å²) >= 11 is 0. The molecule has 3 aromatic heterocycles. The van der Waals surface area contributed by atoms with Crippen LogP contribution in [0, 0.1) is 0 Å². The Balaban J connectivity index is 1.31. The van der Waals surface area contributed by atoms with Gasteiger partial charge in [-0.3, -0.25) is 15.1 Å².